The number of aromatic nitrogens is 4. The van der Waals surface area contributed by atoms with Gasteiger partial charge in [-0.3, -0.25) is 4.98 Å². The maximum absolute atomic E-state index is 15.9. The lowest BCUT2D eigenvalue weighted by Crippen LogP contribution is -2.32. The first-order chi connectivity index (χ1) is 17.6. The highest BCUT2D eigenvalue weighted by atomic mass is 19.1. The van der Waals surface area contributed by atoms with Crippen LogP contribution in [-0.4, -0.2) is 31.3 Å². The summed E-state index contributed by atoms with van der Waals surface area (Å²) in [5.41, 5.74) is 6.29. The zero-order valence-corrected chi connectivity index (χ0v) is 21.2. The van der Waals surface area contributed by atoms with Crippen molar-refractivity contribution in [2.45, 2.75) is 70.0 Å². The van der Waals surface area contributed by atoms with Crippen LogP contribution in [0.25, 0.3) is 5.52 Å². The minimum absolute atomic E-state index is 0.179. The molecule has 3 aromatic rings. The molecule has 37 heavy (non-hydrogen) atoms. The van der Waals surface area contributed by atoms with E-state index in [1.807, 2.05) is 6.07 Å². The maximum atomic E-state index is 15.9. The summed E-state index contributed by atoms with van der Waals surface area (Å²) in [6.07, 6.45) is 11.8. The van der Waals surface area contributed by atoms with Crippen LogP contribution in [0.5, 0.6) is 0 Å². The van der Waals surface area contributed by atoms with E-state index in [0.717, 1.165) is 36.9 Å². The number of fused-ring (bicyclic) bond motifs is 1. The second-order valence-electron chi connectivity index (χ2n) is 10.8. The summed E-state index contributed by atoms with van der Waals surface area (Å²) in [7, 11) is 0. The molecule has 3 heterocycles. The van der Waals surface area contributed by atoms with Crippen molar-refractivity contribution in [1.82, 2.24) is 19.6 Å². The Kier molecular flexibility index (Phi) is 6.32. The van der Waals surface area contributed by atoms with Gasteiger partial charge in [0.05, 0.1) is 46.7 Å². The van der Waals surface area contributed by atoms with E-state index in [1.54, 1.807) is 49.1 Å². The normalized spacial score (nSPS) is 26.4. The average molecular weight is 504 g/mol. The lowest BCUT2D eigenvalue weighted by atomic mass is 9.74. The van der Waals surface area contributed by atoms with Crippen LogP contribution in [0.2, 0.25) is 0 Å². The van der Waals surface area contributed by atoms with E-state index in [-0.39, 0.29) is 11.7 Å². The van der Waals surface area contributed by atoms with Gasteiger partial charge in [0.25, 0.3) is 0 Å². The lowest BCUT2D eigenvalue weighted by molar-refractivity contribution is 0.200. The fourth-order valence-electron chi connectivity index (χ4n) is 5.42. The molecule has 2 aliphatic rings. The molecule has 192 valence electrons. The van der Waals surface area contributed by atoms with Gasteiger partial charge in [0, 0.05) is 12.2 Å². The minimum Gasteiger partial charge on any atom is -0.328 e. The predicted octanol–water partition coefficient (Wildman–Crippen LogP) is 6.01. The molecule has 0 bridgehead atoms. The Bertz CT molecular complexity index is 1430. The molecule has 2 unspecified atom stereocenters. The summed E-state index contributed by atoms with van der Waals surface area (Å²) in [5, 5.41) is 17.4. The van der Waals surface area contributed by atoms with Crippen LogP contribution in [0.3, 0.4) is 0 Å². The largest absolute Gasteiger partial charge is 0.328 e. The van der Waals surface area contributed by atoms with Gasteiger partial charge in [-0.15, -0.1) is 0 Å². The van der Waals surface area contributed by atoms with Crippen molar-refractivity contribution >= 4 is 17.2 Å². The van der Waals surface area contributed by atoms with Crippen molar-refractivity contribution in [3.63, 3.8) is 0 Å². The first-order valence-electron chi connectivity index (χ1n) is 12.6. The third kappa shape index (κ3) is 4.74. The molecule has 1 fully saturated rings. The lowest BCUT2D eigenvalue weighted by Gasteiger charge is -2.33. The van der Waals surface area contributed by atoms with Gasteiger partial charge in [-0.2, -0.15) is 14.9 Å². The fourth-order valence-corrected chi connectivity index (χ4v) is 5.42. The van der Waals surface area contributed by atoms with Crippen LogP contribution < -0.4 is 11.1 Å². The average Bonchev–Trinajstić information content (AvgIpc) is 3.25. The van der Waals surface area contributed by atoms with Gasteiger partial charge in [0.15, 0.2) is 0 Å². The SMILES string of the molecule is CC(C)(C#N)C1=CC(C)(F)C(c2ccc3cnc(Nc4cnccc4[C@@H]4CCC[C@H](N)C4)n3n2)C(F)=C1. The summed E-state index contributed by atoms with van der Waals surface area (Å²) >= 11 is 0. The van der Waals surface area contributed by atoms with Crippen molar-refractivity contribution in [1.29, 1.82) is 5.26 Å². The van der Waals surface area contributed by atoms with Gasteiger partial charge in [-0.05, 0) is 87.4 Å². The standard InChI is InChI=1S/C28H31F2N7/c1-27(2,16-31)18-12-22(29)25(28(3,30)13-18)23-8-7-20-14-34-26(37(20)36-23)35-24-15-33-10-9-21(24)17-5-4-6-19(32)11-17/h7-10,12-15,17,19,25H,4-6,11,32H2,1-3H3,(H,34,35)/t17-,19+,25?,28?/m1/s1. The van der Waals surface area contributed by atoms with Gasteiger partial charge in [0.1, 0.15) is 11.5 Å². The third-order valence-electron chi connectivity index (χ3n) is 7.53. The number of nitrogens with two attached hydrogens (primary N) is 1. The van der Waals surface area contributed by atoms with E-state index in [1.165, 1.54) is 19.1 Å². The Hall–Kier alpha value is -3.64. The van der Waals surface area contributed by atoms with Gasteiger partial charge in [-0.25, -0.2) is 13.8 Å². The number of nitriles is 1. The molecule has 0 aromatic carbocycles. The number of allylic oxidation sites excluding steroid dienone is 4. The fraction of sp³-hybridized carbons (Fsp3) is 0.429. The highest BCUT2D eigenvalue weighted by molar-refractivity contribution is 5.62. The van der Waals surface area contributed by atoms with Crippen LogP contribution in [0.4, 0.5) is 20.4 Å². The molecule has 4 atom stereocenters. The molecule has 0 aliphatic heterocycles. The van der Waals surface area contributed by atoms with Gasteiger partial charge in [0.2, 0.25) is 5.95 Å². The second kappa shape index (κ2) is 9.34. The third-order valence-corrected chi connectivity index (χ3v) is 7.53. The smallest absolute Gasteiger partial charge is 0.229 e. The topological polar surface area (TPSA) is 105 Å². The molecule has 5 rings (SSSR count). The number of pyridine rings is 1. The summed E-state index contributed by atoms with van der Waals surface area (Å²) in [4.78, 5) is 8.76. The monoisotopic (exact) mass is 503 g/mol. The van der Waals surface area contributed by atoms with Crippen molar-refractivity contribution in [3.8, 4) is 6.07 Å². The van der Waals surface area contributed by atoms with Gasteiger partial charge < -0.3 is 11.1 Å². The minimum atomic E-state index is -2.08. The van der Waals surface area contributed by atoms with Crippen molar-refractivity contribution in [3.05, 3.63) is 71.6 Å². The predicted molar refractivity (Wildman–Crippen MR) is 139 cm³/mol. The Balaban J connectivity index is 1.49. The van der Waals surface area contributed by atoms with Crippen LogP contribution >= 0.6 is 0 Å². The number of nitrogens with zero attached hydrogens (tertiary/aromatic N) is 5. The number of anilines is 2. The number of nitrogens with one attached hydrogen (secondary N) is 1. The molecular formula is C28H31F2N7. The molecule has 9 heteroatoms. The maximum Gasteiger partial charge on any atom is 0.229 e. The molecule has 0 spiro atoms. The van der Waals surface area contributed by atoms with Crippen LogP contribution in [0.1, 0.15) is 69.5 Å². The number of imidazole rings is 1. The Morgan fingerprint density at radius 3 is 2.78 bits per heavy atom. The Morgan fingerprint density at radius 2 is 2.05 bits per heavy atom. The molecule has 2 aliphatic carbocycles. The molecule has 3 N–H and O–H groups in total. The zero-order chi connectivity index (χ0) is 26.4. The number of rotatable bonds is 5. The molecule has 3 aromatic heterocycles. The summed E-state index contributed by atoms with van der Waals surface area (Å²) in [6, 6.07) is 7.65. The molecule has 0 saturated heterocycles. The van der Waals surface area contributed by atoms with Crippen molar-refractivity contribution in [2.24, 2.45) is 11.1 Å². The van der Waals surface area contributed by atoms with Crippen LogP contribution in [-0.2, 0) is 0 Å². The number of alkyl halides is 1. The van der Waals surface area contributed by atoms with Gasteiger partial charge in [-0.1, -0.05) is 6.42 Å². The quantitative estimate of drug-likeness (QED) is 0.442. The Labute approximate surface area is 215 Å². The molecular weight excluding hydrogens is 472 g/mol. The van der Waals surface area contributed by atoms with E-state index < -0.39 is 22.8 Å². The summed E-state index contributed by atoms with van der Waals surface area (Å²) < 4.78 is 32.8. The molecule has 0 radical (unpaired) electrons. The van der Waals surface area contributed by atoms with Crippen molar-refractivity contribution in [2.75, 3.05) is 5.32 Å². The number of halogens is 2. The van der Waals surface area contributed by atoms with E-state index in [2.05, 4.69) is 26.5 Å². The number of hydrogen-bond acceptors (Lipinski definition) is 6. The molecule has 1 saturated carbocycles. The summed E-state index contributed by atoms with van der Waals surface area (Å²) in [6.45, 7) is 4.59. The Morgan fingerprint density at radius 1 is 1.24 bits per heavy atom. The van der Waals surface area contributed by atoms with E-state index in [0.29, 0.717) is 23.0 Å². The zero-order valence-electron chi connectivity index (χ0n) is 21.2. The highest BCUT2D eigenvalue weighted by Crippen LogP contribution is 2.46. The van der Waals surface area contributed by atoms with Crippen LogP contribution in [0, 0.1) is 16.7 Å². The summed E-state index contributed by atoms with van der Waals surface area (Å²) in [5.74, 6) is -1.18. The van der Waals surface area contributed by atoms with Crippen LogP contribution in [0.15, 0.2) is 60.3 Å². The second-order valence-corrected chi connectivity index (χ2v) is 10.8. The van der Waals surface area contributed by atoms with E-state index >= 15 is 8.78 Å². The first kappa shape index (κ1) is 25.0. The van der Waals surface area contributed by atoms with E-state index in [4.69, 9.17) is 5.73 Å². The van der Waals surface area contributed by atoms with Gasteiger partial charge >= 0.3 is 0 Å². The number of hydrogen-bond donors (Lipinski definition) is 2. The molecule has 0 amide bonds. The van der Waals surface area contributed by atoms with Crippen molar-refractivity contribution < 1.29 is 8.78 Å². The highest BCUT2D eigenvalue weighted by Gasteiger charge is 2.43. The first-order valence-corrected chi connectivity index (χ1v) is 12.6. The molecule has 7 nitrogen and oxygen atoms in total. The van der Waals surface area contributed by atoms with E-state index in [9.17, 15) is 5.26 Å².